The fourth-order valence-electron chi connectivity index (χ4n) is 4.05. The summed E-state index contributed by atoms with van der Waals surface area (Å²) >= 11 is 1.73. The fraction of sp³-hybridized carbons (Fsp3) is 0.520. The number of carbonyl (C=O) groups excluding carboxylic acids is 2. The van der Waals surface area contributed by atoms with Crippen molar-refractivity contribution >= 4 is 23.2 Å². The van der Waals surface area contributed by atoms with Crippen LogP contribution in [0.5, 0.6) is 5.75 Å². The van der Waals surface area contributed by atoms with Crippen molar-refractivity contribution in [3.05, 3.63) is 51.7 Å². The molecule has 0 saturated carbocycles. The van der Waals surface area contributed by atoms with E-state index in [0.29, 0.717) is 19.1 Å². The van der Waals surface area contributed by atoms with Crippen molar-refractivity contribution < 1.29 is 14.3 Å². The van der Waals surface area contributed by atoms with Gasteiger partial charge in [0.05, 0.1) is 6.04 Å². The van der Waals surface area contributed by atoms with Gasteiger partial charge >= 0.3 is 0 Å². The predicted octanol–water partition coefficient (Wildman–Crippen LogP) is 5.02. The van der Waals surface area contributed by atoms with Gasteiger partial charge in [-0.25, -0.2) is 0 Å². The maximum Gasteiger partial charge on any atom is 0.242 e. The van der Waals surface area contributed by atoms with Crippen molar-refractivity contribution in [1.82, 2.24) is 9.80 Å². The van der Waals surface area contributed by atoms with Crippen LogP contribution in [-0.2, 0) is 16.0 Å². The topological polar surface area (TPSA) is 49.9 Å². The Bertz CT molecular complexity index is 912. The van der Waals surface area contributed by atoms with Crippen LogP contribution in [0.1, 0.15) is 69.5 Å². The van der Waals surface area contributed by atoms with E-state index in [-0.39, 0.29) is 24.4 Å². The molecule has 0 aliphatic carbocycles. The van der Waals surface area contributed by atoms with E-state index in [9.17, 15) is 9.59 Å². The molecule has 1 aliphatic rings. The van der Waals surface area contributed by atoms with Crippen LogP contribution in [0.25, 0.3) is 0 Å². The van der Waals surface area contributed by atoms with E-state index in [1.165, 1.54) is 17.4 Å². The minimum atomic E-state index is -0.408. The van der Waals surface area contributed by atoms with Crippen molar-refractivity contribution in [1.29, 1.82) is 0 Å². The third kappa shape index (κ3) is 5.48. The summed E-state index contributed by atoms with van der Waals surface area (Å²) in [7, 11) is 0. The van der Waals surface area contributed by atoms with Gasteiger partial charge in [-0.05, 0) is 67.8 Å². The third-order valence-electron chi connectivity index (χ3n) is 5.85. The Morgan fingerprint density at radius 1 is 1.19 bits per heavy atom. The molecule has 1 aromatic heterocycles. The molecule has 0 spiro atoms. The minimum Gasteiger partial charge on any atom is -0.491 e. The first-order valence-electron chi connectivity index (χ1n) is 10.9. The van der Waals surface area contributed by atoms with Gasteiger partial charge < -0.3 is 14.5 Å². The molecule has 5 nitrogen and oxygen atoms in total. The summed E-state index contributed by atoms with van der Waals surface area (Å²) in [4.78, 5) is 30.3. The number of carbonyl (C=O) groups is 2. The zero-order chi connectivity index (χ0) is 22.8. The first-order valence-corrected chi connectivity index (χ1v) is 11.8. The lowest BCUT2D eigenvalue weighted by Crippen LogP contribution is -2.52. The highest BCUT2D eigenvalue weighted by Gasteiger charge is 2.35. The SMILES string of the molecule is CC(=O)N(CC(=O)N1CCc2sccc2[C@@H]1COc1ccc(C(C)C)cc1)C(C)(C)C. The molecule has 2 amide bonds. The van der Waals surface area contributed by atoms with Crippen LogP contribution < -0.4 is 4.74 Å². The van der Waals surface area contributed by atoms with E-state index in [0.717, 1.165) is 17.7 Å². The van der Waals surface area contributed by atoms with Gasteiger partial charge in [-0.1, -0.05) is 26.0 Å². The van der Waals surface area contributed by atoms with Gasteiger partial charge in [-0.15, -0.1) is 11.3 Å². The van der Waals surface area contributed by atoms with Gasteiger partial charge in [0.25, 0.3) is 0 Å². The van der Waals surface area contributed by atoms with Gasteiger partial charge in [0, 0.05) is 23.9 Å². The average Bonchev–Trinajstić information content (AvgIpc) is 3.18. The summed E-state index contributed by atoms with van der Waals surface area (Å²) in [5.41, 5.74) is 2.02. The van der Waals surface area contributed by atoms with E-state index in [1.54, 1.807) is 16.2 Å². The van der Waals surface area contributed by atoms with E-state index in [4.69, 9.17) is 4.74 Å². The highest BCUT2D eigenvalue weighted by molar-refractivity contribution is 7.10. The van der Waals surface area contributed by atoms with E-state index in [1.807, 2.05) is 37.8 Å². The Labute approximate surface area is 190 Å². The molecule has 3 rings (SSSR count). The zero-order valence-electron chi connectivity index (χ0n) is 19.5. The predicted molar refractivity (Wildman–Crippen MR) is 126 cm³/mol. The molecule has 0 bridgehead atoms. The first-order chi connectivity index (χ1) is 14.6. The average molecular weight is 443 g/mol. The number of ether oxygens (including phenoxy) is 1. The summed E-state index contributed by atoms with van der Waals surface area (Å²) < 4.78 is 6.14. The molecule has 1 aromatic carbocycles. The highest BCUT2D eigenvalue weighted by atomic mass is 32.1. The molecule has 6 heteroatoms. The minimum absolute atomic E-state index is 0.0364. The molecule has 1 atom stereocenters. The number of rotatable bonds is 6. The smallest absolute Gasteiger partial charge is 0.242 e. The Morgan fingerprint density at radius 3 is 2.45 bits per heavy atom. The zero-order valence-corrected chi connectivity index (χ0v) is 20.3. The second-order valence-electron chi connectivity index (χ2n) is 9.46. The number of hydrogen-bond acceptors (Lipinski definition) is 4. The Balaban J connectivity index is 1.77. The van der Waals surface area contributed by atoms with Crippen molar-refractivity contribution in [2.24, 2.45) is 0 Å². The molecule has 0 N–H and O–H groups in total. The number of amides is 2. The number of benzene rings is 1. The fourth-order valence-corrected chi connectivity index (χ4v) is 4.97. The standard InChI is InChI=1S/C25H34N2O3S/c1-17(2)19-7-9-20(10-8-19)30-16-22-21-12-14-31-23(21)11-13-26(22)24(29)15-27(18(3)28)25(4,5)6/h7-10,12,14,17,22H,11,13,15-16H2,1-6H3/t22-/m0/s1. The molecule has 0 radical (unpaired) electrons. The van der Waals surface area contributed by atoms with Crippen LogP contribution in [0.3, 0.4) is 0 Å². The molecule has 168 valence electrons. The molecular formula is C25H34N2O3S. The number of fused-ring (bicyclic) bond motifs is 1. The number of hydrogen-bond donors (Lipinski definition) is 0. The van der Waals surface area contributed by atoms with Crippen LogP contribution in [0.4, 0.5) is 0 Å². The van der Waals surface area contributed by atoms with E-state index < -0.39 is 5.54 Å². The second-order valence-corrected chi connectivity index (χ2v) is 10.5. The quantitative estimate of drug-likeness (QED) is 0.631. The summed E-state index contributed by atoms with van der Waals surface area (Å²) in [5, 5.41) is 2.08. The van der Waals surface area contributed by atoms with Crippen LogP contribution in [0.15, 0.2) is 35.7 Å². The van der Waals surface area contributed by atoms with Gasteiger partial charge in [-0.2, -0.15) is 0 Å². The summed E-state index contributed by atoms with van der Waals surface area (Å²) in [6.07, 6.45) is 0.841. The lowest BCUT2D eigenvalue weighted by molar-refractivity contribution is -0.145. The van der Waals surface area contributed by atoms with Gasteiger partial charge in [0.1, 0.15) is 18.9 Å². The largest absolute Gasteiger partial charge is 0.491 e. The summed E-state index contributed by atoms with van der Waals surface area (Å²) in [6.45, 7) is 12.8. The first kappa shape index (κ1) is 23.3. The molecule has 2 aromatic rings. The lowest BCUT2D eigenvalue weighted by atomic mass is 9.99. The van der Waals surface area contributed by atoms with Gasteiger partial charge in [-0.3, -0.25) is 9.59 Å². The third-order valence-corrected chi connectivity index (χ3v) is 6.85. The van der Waals surface area contributed by atoms with Gasteiger partial charge in [0.15, 0.2) is 0 Å². The second kappa shape index (κ2) is 9.43. The Hall–Kier alpha value is -2.34. The number of thiophene rings is 1. The van der Waals surface area contributed by atoms with E-state index in [2.05, 4.69) is 37.4 Å². The lowest BCUT2D eigenvalue weighted by Gasteiger charge is -2.39. The molecule has 2 heterocycles. The van der Waals surface area contributed by atoms with Crippen LogP contribution >= 0.6 is 11.3 Å². The van der Waals surface area contributed by atoms with Crippen molar-refractivity contribution in [2.75, 3.05) is 19.7 Å². The van der Waals surface area contributed by atoms with Crippen LogP contribution in [0, 0.1) is 0 Å². The van der Waals surface area contributed by atoms with Gasteiger partial charge in [0.2, 0.25) is 11.8 Å². The molecule has 0 saturated heterocycles. The van der Waals surface area contributed by atoms with Crippen LogP contribution in [-0.4, -0.2) is 46.8 Å². The highest BCUT2D eigenvalue weighted by Crippen LogP contribution is 2.34. The van der Waals surface area contributed by atoms with E-state index >= 15 is 0 Å². The normalized spacial score (nSPS) is 16.2. The molecule has 0 fully saturated rings. The summed E-state index contributed by atoms with van der Waals surface area (Å²) in [6, 6.07) is 10.1. The van der Waals surface area contributed by atoms with Crippen molar-refractivity contribution in [3.63, 3.8) is 0 Å². The maximum absolute atomic E-state index is 13.3. The Morgan fingerprint density at radius 2 is 1.87 bits per heavy atom. The summed E-state index contributed by atoms with van der Waals surface area (Å²) in [5.74, 6) is 1.15. The molecule has 31 heavy (non-hydrogen) atoms. The van der Waals surface area contributed by atoms with Crippen molar-refractivity contribution in [2.45, 2.75) is 65.5 Å². The maximum atomic E-state index is 13.3. The molecular weight excluding hydrogens is 408 g/mol. The monoisotopic (exact) mass is 442 g/mol. The van der Waals surface area contributed by atoms with Crippen LogP contribution in [0.2, 0.25) is 0 Å². The number of nitrogens with zero attached hydrogens (tertiary/aromatic N) is 2. The molecule has 1 aliphatic heterocycles. The van der Waals surface area contributed by atoms with Crippen molar-refractivity contribution in [3.8, 4) is 5.75 Å². The Kier molecular flexibility index (Phi) is 7.10. The molecule has 0 unspecified atom stereocenters.